The zero-order chi connectivity index (χ0) is 23.5. The van der Waals surface area contributed by atoms with Crippen molar-refractivity contribution in [3.05, 3.63) is 70.0 Å². The molecule has 1 N–H and O–H groups in total. The van der Waals surface area contributed by atoms with Crippen LogP contribution in [0.15, 0.2) is 56.4 Å². The van der Waals surface area contributed by atoms with Crippen molar-refractivity contribution in [2.24, 2.45) is 0 Å². The van der Waals surface area contributed by atoms with Crippen LogP contribution in [-0.2, 0) is 6.42 Å². The number of fused-ring (bicyclic) bond motifs is 2. The summed E-state index contributed by atoms with van der Waals surface area (Å²) in [5.41, 5.74) is 2.28. The van der Waals surface area contributed by atoms with Gasteiger partial charge in [-0.1, -0.05) is 5.16 Å². The Morgan fingerprint density at radius 2 is 1.94 bits per heavy atom. The summed E-state index contributed by atoms with van der Waals surface area (Å²) in [6.07, 6.45) is 4.55. The van der Waals surface area contributed by atoms with Crippen molar-refractivity contribution in [1.82, 2.24) is 10.1 Å². The van der Waals surface area contributed by atoms with E-state index in [1.165, 1.54) is 18.4 Å². The summed E-state index contributed by atoms with van der Waals surface area (Å²) in [7, 11) is 0. The van der Waals surface area contributed by atoms with Gasteiger partial charge in [-0.25, -0.2) is 4.39 Å². The molecule has 2 aromatic carbocycles. The predicted octanol–water partition coefficient (Wildman–Crippen LogP) is 4.26. The second-order valence-corrected chi connectivity index (χ2v) is 8.75. The maximum atomic E-state index is 13.4. The van der Waals surface area contributed by atoms with Crippen molar-refractivity contribution in [3.63, 3.8) is 0 Å². The van der Waals surface area contributed by atoms with Crippen LogP contribution in [0.25, 0.3) is 21.9 Å². The van der Waals surface area contributed by atoms with Gasteiger partial charge in [-0.3, -0.25) is 4.79 Å². The van der Waals surface area contributed by atoms with Gasteiger partial charge in [-0.05, 0) is 56.6 Å². The third kappa shape index (κ3) is 4.69. The molecule has 8 heteroatoms. The Balaban J connectivity index is 1.10. The van der Waals surface area contributed by atoms with Crippen LogP contribution in [0.5, 0.6) is 5.75 Å². The van der Waals surface area contributed by atoms with Crippen LogP contribution in [0.3, 0.4) is 0 Å². The molecule has 0 bridgehead atoms. The lowest BCUT2D eigenvalue weighted by atomic mass is 9.91. The van der Waals surface area contributed by atoms with Gasteiger partial charge in [-0.2, -0.15) is 0 Å². The zero-order valence-electron chi connectivity index (χ0n) is 18.8. The van der Waals surface area contributed by atoms with Gasteiger partial charge in [0.15, 0.2) is 11.0 Å². The number of nitrogens with zero attached hydrogens (tertiary/aromatic N) is 2. The molecule has 7 nitrogen and oxygen atoms in total. The smallest absolute Gasteiger partial charge is 0.195 e. The second-order valence-electron chi connectivity index (χ2n) is 8.75. The van der Waals surface area contributed by atoms with Gasteiger partial charge >= 0.3 is 0 Å². The summed E-state index contributed by atoms with van der Waals surface area (Å²) < 4.78 is 30.2. The van der Waals surface area contributed by atoms with Crippen LogP contribution in [0.1, 0.15) is 36.4 Å². The van der Waals surface area contributed by atoms with Crippen LogP contribution in [-0.4, -0.2) is 48.0 Å². The van der Waals surface area contributed by atoms with Gasteiger partial charge in [0.1, 0.15) is 17.1 Å². The van der Waals surface area contributed by atoms with Gasteiger partial charge < -0.3 is 23.7 Å². The molecule has 0 atom stereocenters. The van der Waals surface area contributed by atoms with E-state index in [1.54, 1.807) is 24.3 Å². The van der Waals surface area contributed by atoms with E-state index in [4.69, 9.17) is 18.8 Å². The molecule has 4 aromatic rings. The molecule has 1 fully saturated rings. The van der Waals surface area contributed by atoms with E-state index in [1.807, 2.05) is 0 Å². The molecule has 2 aromatic heterocycles. The molecule has 1 aliphatic heterocycles. The number of hydrogen-bond donors (Lipinski definition) is 1. The van der Waals surface area contributed by atoms with Crippen molar-refractivity contribution in [1.29, 1.82) is 0 Å². The average molecular weight is 467 g/mol. The number of aliphatic hydroxyl groups is 1. The Morgan fingerprint density at radius 1 is 1.12 bits per heavy atom. The number of benzene rings is 2. The largest absolute Gasteiger partial charge is 0.493 e. The lowest BCUT2D eigenvalue weighted by Crippen LogP contribution is -2.34. The van der Waals surface area contributed by atoms with E-state index >= 15 is 0 Å². The molecule has 34 heavy (non-hydrogen) atoms. The van der Waals surface area contributed by atoms with Crippen LogP contribution >= 0.6 is 0 Å². The standard InChI is InChI=1S/C26H27FN2O5/c27-19-2-4-21-24(14-19)34-28-25(21)17-6-10-29(11-7-17)9-1-13-32-20-3-5-22-23(15-20)33-16-18(8-12-30)26(22)31/h2-5,14-17,30H,1,6-13H2. The Kier molecular flexibility index (Phi) is 6.60. The first-order valence-electron chi connectivity index (χ1n) is 11.7. The highest BCUT2D eigenvalue weighted by molar-refractivity contribution is 5.80. The van der Waals surface area contributed by atoms with Crippen LogP contribution in [0.4, 0.5) is 4.39 Å². The van der Waals surface area contributed by atoms with Crippen LogP contribution < -0.4 is 10.2 Å². The minimum Gasteiger partial charge on any atom is -0.493 e. The molecule has 5 rings (SSSR count). The van der Waals surface area contributed by atoms with E-state index in [0.717, 1.165) is 50.0 Å². The molecule has 0 aliphatic carbocycles. The van der Waals surface area contributed by atoms with Crippen molar-refractivity contribution in [2.75, 3.05) is 32.8 Å². The summed E-state index contributed by atoms with van der Waals surface area (Å²) in [6.45, 7) is 3.35. The third-order valence-corrected chi connectivity index (χ3v) is 6.52. The molecule has 3 heterocycles. The minimum atomic E-state index is -0.312. The number of ether oxygens (including phenoxy) is 1. The summed E-state index contributed by atoms with van der Waals surface area (Å²) in [5, 5.41) is 14.7. The molecule has 0 radical (unpaired) electrons. The predicted molar refractivity (Wildman–Crippen MR) is 126 cm³/mol. The first kappa shape index (κ1) is 22.6. The maximum absolute atomic E-state index is 13.4. The average Bonchev–Trinajstić information content (AvgIpc) is 3.27. The molecule has 0 saturated carbocycles. The summed E-state index contributed by atoms with van der Waals surface area (Å²) >= 11 is 0. The van der Waals surface area contributed by atoms with Crippen LogP contribution in [0.2, 0.25) is 0 Å². The van der Waals surface area contributed by atoms with Crippen molar-refractivity contribution in [2.45, 2.75) is 31.6 Å². The van der Waals surface area contributed by atoms with Gasteiger partial charge in [0, 0.05) is 48.6 Å². The Hall–Kier alpha value is -3.23. The molecule has 178 valence electrons. The second kappa shape index (κ2) is 9.95. The third-order valence-electron chi connectivity index (χ3n) is 6.52. The number of aliphatic hydroxyl groups excluding tert-OH is 1. The van der Waals surface area contributed by atoms with Crippen molar-refractivity contribution in [3.8, 4) is 5.75 Å². The Labute approximate surface area is 195 Å². The fraction of sp³-hybridized carbons (Fsp3) is 0.385. The van der Waals surface area contributed by atoms with Gasteiger partial charge in [0.25, 0.3) is 0 Å². The fourth-order valence-electron chi connectivity index (χ4n) is 4.67. The van der Waals surface area contributed by atoms with Gasteiger partial charge in [-0.15, -0.1) is 0 Å². The summed E-state index contributed by atoms with van der Waals surface area (Å²) in [5.74, 6) is 0.677. The molecular formula is C26H27FN2O5. The van der Waals surface area contributed by atoms with E-state index in [-0.39, 0.29) is 24.3 Å². The Morgan fingerprint density at radius 3 is 2.76 bits per heavy atom. The zero-order valence-corrected chi connectivity index (χ0v) is 18.8. The fourth-order valence-corrected chi connectivity index (χ4v) is 4.67. The number of aromatic nitrogens is 1. The van der Waals surface area contributed by atoms with Gasteiger partial charge in [0.05, 0.1) is 24.0 Å². The van der Waals surface area contributed by atoms with Crippen LogP contribution in [0, 0.1) is 5.82 Å². The number of likely N-dealkylation sites (tertiary alicyclic amines) is 1. The molecule has 0 amide bonds. The number of hydrogen-bond acceptors (Lipinski definition) is 7. The molecule has 1 saturated heterocycles. The molecule has 1 aliphatic rings. The van der Waals surface area contributed by atoms with E-state index in [2.05, 4.69) is 10.1 Å². The van der Waals surface area contributed by atoms with Crippen molar-refractivity contribution >= 4 is 21.9 Å². The quantitative estimate of drug-likeness (QED) is 0.388. The summed E-state index contributed by atoms with van der Waals surface area (Å²) in [6, 6.07) is 9.83. The first-order valence-corrected chi connectivity index (χ1v) is 11.7. The minimum absolute atomic E-state index is 0.0898. The normalized spacial score (nSPS) is 15.4. The summed E-state index contributed by atoms with van der Waals surface area (Å²) in [4.78, 5) is 14.8. The highest BCUT2D eigenvalue weighted by Gasteiger charge is 2.25. The lowest BCUT2D eigenvalue weighted by Gasteiger charge is -2.31. The Bertz CT molecular complexity index is 1340. The highest BCUT2D eigenvalue weighted by Crippen LogP contribution is 2.32. The molecule has 0 spiro atoms. The first-order chi connectivity index (χ1) is 16.6. The maximum Gasteiger partial charge on any atom is 0.195 e. The lowest BCUT2D eigenvalue weighted by molar-refractivity contribution is 0.191. The highest BCUT2D eigenvalue weighted by atomic mass is 19.1. The topological polar surface area (TPSA) is 88.9 Å². The van der Waals surface area contributed by atoms with E-state index in [0.29, 0.717) is 40.4 Å². The number of piperidine rings is 1. The van der Waals surface area contributed by atoms with E-state index in [9.17, 15) is 9.18 Å². The van der Waals surface area contributed by atoms with Gasteiger partial charge in [0.2, 0.25) is 0 Å². The monoisotopic (exact) mass is 466 g/mol. The molecule has 0 unspecified atom stereocenters. The number of rotatable bonds is 8. The SMILES string of the molecule is O=c1c(CCO)coc2cc(OCCCN3CCC(c4noc5cc(F)ccc45)CC3)ccc12. The molecular weight excluding hydrogens is 439 g/mol. The van der Waals surface area contributed by atoms with E-state index < -0.39 is 0 Å². The van der Waals surface area contributed by atoms with Crippen molar-refractivity contribution < 1.29 is 23.2 Å². The number of halogens is 1.